The summed E-state index contributed by atoms with van der Waals surface area (Å²) in [6.07, 6.45) is 2.42. The smallest absolute Gasteiger partial charge is 0.328 e. The summed E-state index contributed by atoms with van der Waals surface area (Å²) < 4.78 is 5.61. The normalized spacial score (nSPS) is 10.8. The second-order valence-electron chi connectivity index (χ2n) is 4.06. The first-order chi connectivity index (χ1) is 9.94. The van der Waals surface area contributed by atoms with Crippen LogP contribution in [-0.4, -0.2) is 11.1 Å². The van der Waals surface area contributed by atoms with Crippen LogP contribution in [-0.2, 0) is 4.79 Å². The Morgan fingerprint density at radius 2 is 1.67 bits per heavy atom. The van der Waals surface area contributed by atoms with Gasteiger partial charge < -0.3 is 9.84 Å². The predicted octanol–water partition coefficient (Wildman–Crippen LogP) is 5.54. The molecule has 0 aliphatic rings. The number of carboxylic acid groups (broad SMARTS) is 1. The molecule has 0 bridgehead atoms. The van der Waals surface area contributed by atoms with Gasteiger partial charge in [0, 0.05) is 16.1 Å². The number of aliphatic carboxylic acids is 1. The minimum atomic E-state index is -1.04. The van der Waals surface area contributed by atoms with Crippen LogP contribution in [0, 0.1) is 0 Å². The van der Waals surface area contributed by atoms with Gasteiger partial charge in [0.05, 0.1) is 5.02 Å². The molecular weight excluding hydrogens is 335 g/mol. The fraction of sp³-hybridized carbons (Fsp3) is 0. The van der Waals surface area contributed by atoms with Crippen molar-refractivity contribution in [3.63, 3.8) is 0 Å². The van der Waals surface area contributed by atoms with Gasteiger partial charge in [0.2, 0.25) is 0 Å². The number of rotatable bonds is 4. The number of benzene rings is 2. The van der Waals surface area contributed by atoms with Crippen molar-refractivity contribution in [2.24, 2.45) is 0 Å². The Kier molecular flexibility index (Phi) is 5.12. The molecule has 0 heterocycles. The monoisotopic (exact) mass is 342 g/mol. The highest BCUT2D eigenvalue weighted by molar-refractivity contribution is 6.34. The molecule has 0 aliphatic carbocycles. The summed E-state index contributed by atoms with van der Waals surface area (Å²) in [7, 11) is 0. The average molecular weight is 344 g/mol. The topological polar surface area (TPSA) is 46.5 Å². The third kappa shape index (κ3) is 4.67. The third-order valence-corrected chi connectivity index (χ3v) is 3.21. The molecule has 0 spiro atoms. The molecule has 6 heteroatoms. The van der Waals surface area contributed by atoms with Gasteiger partial charge >= 0.3 is 5.97 Å². The maximum atomic E-state index is 10.5. The fourth-order valence-electron chi connectivity index (χ4n) is 1.59. The minimum absolute atomic E-state index is 0.373. The van der Waals surface area contributed by atoms with E-state index in [0.29, 0.717) is 32.1 Å². The lowest BCUT2D eigenvalue weighted by Crippen LogP contribution is -1.88. The molecule has 0 saturated heterocycles. The maximum Gasteiger partial charge on any atom is 0.328 e. The molecule has 0 unspecified atom stereocenters. The van der Waals surface area contributed by atoms with Crippen molar-refractivity contribution in [3.05, 3.63) is 63.1 Å². The Morgan fingerprint density at radius 1 is 1.00 bits per heavy atom. The molecule has 0 saturated carbocycles. The Labute approximate surface area is 136 Å². The van der Waals surface area contributed by atoms with Gasteiger partial charge in [-0.15, -0.1) is 0 Å². The Hall–Kier alpha value is -1.68. The van der Waals surface area contributed by atoms with Crippen LogP contribution < -0.4 is 4.74 Å². The number of hydrogen-bond acceptors (Lipinski definition) is 2. The highest BCUT2D eigenvalue weighted by Crippen LogP contribution is 2.30. The van der Waals surface area contributed by atoms with Gasteiger partial charge in [-0.05, 0) is 48.0 Å². The maximum absolute atomic E-state index is 10.5. The van der Waals surface area contributed by atoms with E-state index >= 15 is 0 Å². The standard InChI is InChI=1S/C15H9Cl3O3/c16-10-5-11(17)7-13(6-10)21-12-3-1-9(14(18)8-12)2-4-15(19)20/h1-8H,(H,19,20)/b4-2+. The summed E-state index contributed by atoms with van der Waals surface area (Å²) in [6.45, 7) is 0. The molecule has 108 valence electrons. The van der Waals surface area contributed by atoms with E-state index < -0.39 is 5.97 Å². The van der Waals surface area contributed by atoms with E-state index in [1.807, 2.05) is 0 Å². The van der Waals surface area contributed by atoms with Crippen molar-refractivity contribution in [2.45, 2.75) is 0 Å². The SMILES string of the molecule is O=C(O)/C=C/c1ccc(Oc2cc(Cl)cc(Cl)c2)cc1Cl. The number of carboxylic acids is 1. The largest absolute Gasteiger partial charge is 0.478 e. The molecule has 2 rings (SSSR count). The van der Waals surface area contributed by atoms with E-state index in [0.717, 1.165) is 6.08 Å². The molecule has 2 aromatic carbocycles. The van der Waals surface area contributed by atoms with Crippen LogP contribution in [0.2, 0.25) is 15.1 Å². The molecule has 0 aromatic heterocycles. The van der Waals surface area contributed by atoms with Crippen LogP contribution in [0.5, 0.6) is 11.5 Å². The minimum Gasteiger partial charge on any atom is -0.478 e. The van der Waals surface area contributed by atoms with Gasteiger partial charge in [0.1, 0.15) is 11.5 Å². The van der Waals surface area contributed by atoms with Crippen molar-refractivity contribution in [3.8, 4) is 11.5 Å². The van der Waals surface area contributed by atoms with Crippen molar-refractivity contribution in [1.29, 1.82) is 0 Å². The van der Waals surface area contributed by atoms with Gasteiger partial charge in [-0.1, -0.05) is 34.8 Å². The molecule has 0 amide bonds. The van der Waals surface area contributed by atoms with Crippen LogP contribution in [0.1, 0.15) is 5.56 Å². The molecule has 2 aromatic rings. The summed E-state index contributed by atoms with van der Waals surface area (Å²) in [5.41, 5.74) is 0.579. The lowest BCUT2D eigenvalue weighted by molar-refractivity contribution is -0.131. The fourth-order valence-corrected chi connectivity index (χ4v) is 2.33. The number of hydrogen-bond donors (Lipinski definition) is 1. The molecule has 21 heavy (non-hydrogen) atoms. The number of halogens is 3. The lowest BCUT2D eigenvalue weighted by atomic mass is 10.2. The predicted molar refractivity (Wildman–Crippen MR) is 84.7 cm³/mol. The van der Waals surface area contributed by atoms with Crippen molar-refractivity contribution < 1.29 is 14.6 Å². The first kappa shape index (κ1) is 15.7. The Morgan fingerprint density at radius 3 is 2.24 bits per heavy atom. The highest BCUT2D eigenvalue weighted by atomic mass is 35.5. The summed E-state index contributed by atoms with van der Waals surface area (Å²) in [4.78, 5) is 10.5. The van der Waals surface area contributed by atoms with Crippen LogP contribution in [0.25, 0.3) is 6.08 Å². The second kappa shape index (κ2) is 6.85. The van der Waals surface area contributed by atoms with E-state index in [2.05, 4.69) is 0 Å². The highest BCUT2D eigenvalue weighted by Gasteiger charge is 2.04. The van der Waals surface area contributed by atoms with Crippen LogP contribution >= 0.6 is 34.8 Å². The zero-order valence-corrected chi connectivity index (χ0v) is 12.8. The van der Waals surface area contributed by atoms with E-state index in [1.54, 1.807) is 36.4 Å². The van der Waals surface area contributed by atoms with Crippen LogP contribution in [0.4, 0.5) is 0 Å². The molecule has 3 nitrogen and oxygen atoms in total. The van der Waals surface area contributed by atoms with E-state index in [-0.39, 0.29) is 0 Å². The molecule has 0 fully saturated rings. The van der Waals surface area contributed by atoms with Crippen LogP contribution in [0.15, 0.2) is 42.5 Å². The summed E-state index contributed by atoms with van der Waals surface area (Å²) in [5.74, 6) is -0.0665. The van der Waals surface area contributed by atoms with E-state index in [9.17, 15) is 4.79 Å². The number of ether oxygens (including phenoxy) is 1. The molecule has 0 radical (unpaired) electrons. The van der Waals surface area contributed by atoms with Crippen molar-refractivity contribution in [2.75, 3.05) is 0 Å². The first-order valence-corrected chi connectivity index (χ1v) is 6.92. The Balaban J connectivity index is 2.22. The van der Waals surface area contributed by atoms with Gasteiger partial charge in [0.25, 0.3) is 0 Å². The van der Waals surface area contributed by atoms with Crippen LogP contribution in [0.3, 0.4) is 0 Å². The Bertz CT molecular complexity index is 691. The quantitative estimate of drug-likeness (QED) is 0.742. The van der Waals surface area contributed by atoms with Crippen molar-refractivity contribution in [1.82, 2.24) is 0 Å². The van der Waals surface area contributed by atoms with Gasteiger partial charge in [-0.2, -0.15) is 0 Å². The summed E-state index contributed by atoms with van der Waals surface area (Å²) in [5, 5.41) is 9.89. The third-order valence-electron chi connectivity index (χ3n) is 2.45. The molecule has 0 atom stereocenters. The second-order valence-corrected chi connectivity index (χ2v) is 5.34. The molecule has 0 aliphatic heterocycles. The van der Waals surface area contributed by atoms with Gasteiger partial charge in [-0.25, -0.2) is 4.79 Å². The molecule has 1 N–H and O–H groups in total. The van der Waals surface area contributed by atoms with Crippen molar-refractivity contribution >= 4 is 46.8 Å². The van der Waals surface area contributed by atoms with E-state index in [4.69, 9.17) is 44.6 Å². The summed E-state index contributed by atoms with van der Waals surface area (Å²) in [6, 6.07) is 9.76. The van der Waals surface area contributed by atoms with Gasteiger partial charge in [0.15, 0.2) is 0 Å². The lowest BCUT2D eigenvalue weighted by Gasteiger charge is -2.08. The summed E-state index contributed by atoms with van der Waals surface area (Å²) >= 11 is 17.8. The number of carbonyl (C=O) groups is 1. The molecular formula is C15H9Cl3O3. The average Bonchev–Trinajstić information content (AvgIpc) is 2.36. The van der Waals surface area contributed by atoms with Gasteiger partial charge in [-0.3, -0.25) is 0 Å². The zero-order valence-electron chi connectivity index (χ0n) is 10.5. The first-order valence-electron chi connectivity index (χ1n) is 5.78. The zero-order chi connectivity index (χ0) is 15.4. The van der Waals surface area contributed by atoms with E-state index in [1.165, 1.54) is 6.08 Å².